The van der Waals surface area contributed by atoms with Crippen molar-refractivity contribution >= 4 is 17.5 Å². The quantitative estimate of drug-likeness (QED) is 0.767. The van der Waals surface area contributed by atoms with Crippen LogP contribution in [0.5, 0.6) is 5.75 Å². The van der Waals surface area contributed by atoms with Crippen LogP contribution in [0.4, 0.5) is 18.9 Å². The van der Waals surface area contributed by atoms with Crippen LogP contribution in [0, 0.1) is 0 Å². The van der Waals surface area contributed by atoms with Crippen molar-refractivity contribution in [2.24, 2.45) is 0 Å². The Hall–Kier alpha value is -2.87. The predicted molar refractivity (Wildman–Crippen MR) is 95.6 cm³/mol. The molecule has 2 aromatic rings. The van der Waals surface area contributed by atoms with Crippen molar-refractivity contribution in [3.63, 3.8) is 0 Å². The number of rotatable bonds is 6. The minimum absolute atomic E-state index is 0.0483. The minimum atomic E-state index is -4.38. The topological polar surface area (TPSA) is 63.2 Å². The largest absolute Gasteiger partial charge is 0.494 e. The number of alkyl halides is 3. The Kier molecular flexibility index (Phi) is 5.69. The molecule has 0 radical (unpaired) electrons. The average Bonchev–Trinajstić information content (AvgIpc) is 2.94. The molecule has 8 heteroatoms. The number of benzene rings is 2. The second-order valence-electron chi connectivity index (χ2n) is 6.44. The molecular weight excluding hydrogens is 373 g/mol. The SMILES string of the molecule is CCOc1ccc(N2C(=O)C[C@H]([NH2+]Cc3ccc(C(F)(F)F)cc3)C2=O)cc1. The molecule has 148 valence electrons. The zero-order valence-electron chi connectivity index (χ0n) is 15.2. The number of imide groups is 1. The molecule has 5 nitrogen and oxygen atoms in total. The van der Waals surface area contributed by atoms with Gasteiger partial charge in [0.2, 0.25) is 5.91 Å². The first-order valence-electron chi connectivity index (χ1n) is 8.88. The van der Waals surface area contributed by atoms with Crippen LogP contribution >= 0.6 is 0 Å². The number of hydrogen-bond donors (Lipinski definition) is 1. The summed E-state index contributed by atoms with van der Waals surface area (Å²) in [7, 11) is 0. The fourth-order valence-electron chi connectivity index (χ4n) is 3.08. The van der Waals surface area contributed by atoms with Crippen LogP contribution in [0.25, 0.3) is 0 Å². The van der Waals surface area contributed by atoms with E-state index >= 15 is 0 Å². The third kappa shape index (κ3) is 4.33. The zero-order chi connectivity index (χ0) is 20.3. The van der Waals surface area contributed by atoms with E-state index in [9.17, 15) is 22.8 Å². The highest BCUT2D eigenvalue weighted by Gasteiger charge is 2.42. The number of ether oxygens (including phenoxy) is 1. The predicted octanol–water partition coefficient (Wildman–Crippen LogP) is 2.50. The molecule has 0 saturated carbocycles. The molecule has 2 amide bonds. The first kappa shape index (κ1) is 19.9. The van der Waals surface area contributed by atoms with E-state index in [2.05, 4.69) is 0 Å². The Labute approximate surface area is 160 Å². The summed E-state index contributed by atoms with van der Waals surface area (Å²) in [6.07, 6.45) is -4.33. The van der Waals surface area contributed by atoms with Crippen LogP contribution in [0.2, 0.25) is 0 Å². The summed E-state index contributed by atoms with van der Waals surface area (Å²) in [5, 5.41) is 1.68. The Morgan fingerprint density at radius 3 is 2.29 bits per heavy atom. The molecule has 0 spiro atoms. The molecule has 1 aliphatic heterocycles. The fourth-order valence-corrected chi connectivity index (χ4v) is 3.08. The fraction of sp³-hybridized carbons (Fsp3) is 0.300. The Morgan fingerprint density at radius 1 is 1.07 bits per heavy atom. The molecule has 1 saturated heterocycles. The summed E-state index contributed by atoms with van der Waals surface area (Å²) in [5.74, 6) is 0.0136. The number of carbonyl (C=O) groups excluding carboxylic acids is 2. The lowest BCUT2D eigenvalue weighted by Crippen LogP contribution is -2.90. The summed E-state index contributed by atoms with van der Waals surface area (Å²) < 4.78 is 43.2. The van der Waals surface area contributed by atoms with E-state index in [-0.39, 0.29) is 18.2 Å². The maximum atomic E-state index is 12.6. The van der Waals surface area contributed by atoms with Crippen molar-refractivity contribution in [2.45, 2.75) is 32.1 Å². The minimum Gasteiger partial charge on any atom is -0.494 e. The highest BCUT2D eigenvalue weighted by molar-refractivity contribution is 6.21. The molecule has 0 bridgehead atoms. The van der Waals surface area contributed by atoms with Crippen LogP contribution in [0.1, 0.15) is 24.5 Å². The van der Waals surface area contributed by atoms with Gasteiger partial charge in [0.1, 0.15) is 12.3 Å². The van der Waals surface area contributed by atoms with Gasteiger partial charge in [-0.15, -0.1) is 0 Å². The molecule has 0 aromatic heterocycles. The van der Waals surface area contributed by atoms with E-state index in [4.69, 9.17) is 4.74 Å². The van der Waals surface area contributed by atoms with Crippen molar-refractivity contribution in [3.8, 4) is 5.75 Å². The lowest BCUT2D eigenvalue weighted by Gasteiger charge is -2.15. The van der Waals surface area contributed by atoms with Crippen molar-refractivity contribution in [3.05, 3.63) is 59.7 Å². The molecule has 0 unspecified atom stereocenters. The molecule has 1 atom stereocenters. The molecular formula is C20H20F3N2O3+. The van der Waals surface area contributed by atoms with Crippen molar-refractivity contribution < 1.29 is 32.8 Å². The summed E-state index contributed by atoms with van der Waals surface area (Å²) in [6, 6.07) is 10.9. The van der Waals surface area contributed by atoms with Gasteiger partial charge in [-0.05, 0) is 43.3 Å². The molecule has 0 aliphatic carbocycles. The Morgan fingerprint density at radius 2 is 1.71 bits per heavy atom. The smallest absolute Gasteiger partial charge is 0.416 e. The standard InChI is InChI=1S/C20H19F3N2O3/c1-2-28-16-9-7-15(8-10-16)25-18(26)11-17(19(25)27)24-12-13-3-5-14(6-4-13)20(21,22)23/h3-10,17,24H,2,11-12H2,1H3/p+1/t17-/m0/s1. The van der Waals surface area contributed by atoms with E-state index < -0.39 is 17.8 Å². The Bertz CT molecular complexity index is 848. The number of nitrogens with two attached hydrogens (primary N) is 1. The molecule has 3 rings (SSSR count). The molecule has 28 heavy (non-hydrogen) atoms. The van der Waals surface area contributed by atoms with Crippen LogP contribution in [0.3, 0.4) is 0 Å². The van der Waals surface area contributed by atoms with Gasteiger partial charge in [-0.3, -0.25) is 9.59 Å². The van der Waals surface area contributed by atoms with Gasteiger partial charge in [0.15, 0.2) is 6.04 Å². The van der Waals surface area contributed by atoms with Crippen LogP contribution < -0.4 is 15.0 Å². The maximum absolute atomic E-state index is 12.6. The van der Waals surface area contributed by atoms with E-state index in [1.165, 1.54) is 12.1 Å². The van der Waals surface area contributed by atoms with E-state index in [0.717, 1.165) is 17.0 Å². The Balaban J connectivity index is 1.63. The normalized spacial score (nSPS) is 17.3. The van der Waals surface area contributed by atoms with E-state index in [1.807, 2.05) is 6.92 Å². The van der Waals surface area contributed by atoms with Crippen LogP contribution in [-0.4, -0.2) is 24.5 Å². The molecule has 1 aliphatic rings. The third-order valence-corrected chi connectivity index (χ3v) is 4.51. The van der Waals surface area contributed by atoms with Crippen molar-refractivity contribution in [1.29, 1.82) is 0 Å². The summed E-state index contributed by atoms with van der Waals surface area (Å²) in [6.45, 7) is 2.68. The number of amides is 2. The van der Waals surface area contributed by atoms with Gasteiger partial charge >= 0.3 is 6.18 Å². The molecule has 1 heterocycles. The van der Waals surface area contributed by atoms with Gasteiger partial charge < -0.3 is 10.1 Å². The van der Waals surface area contributed by atoms with Crippen LogP contribution in [-0.2, 0) is 22.3 Å². The molecule has 1 fully saturated rings. The highest BCUT2D eigenvalue weighted by Crippen LogP contribution is 2.29. The zero-order valence-corrected chi connectivity index (χ0v) is 15.2. The second kappa shape index (κ2) is 8.02. The van der Waals surface area contributed by atoms with Gasteiger partial charge in [0, 0.05) is 5.56 Å². The highest BCUT2D eigenvalue weighted by atomic mass is 19.4. The van der Waals surface area contributed by atoms with Gasteiger partial charge in [-0.2, -0.15) is 13.2 Å². The molecule has 2 aromatic carbocycles. The summed E-state index contributed by atoms with van der Waals surface area (Å²) >= 11 is 0. The second-order valence-corrected chi connectivity index (χ2v) is 6.44. The van der Waals surface area contributed by atoms with E-state index in [1.54, 1.807) is 29.6 Å². The first-order valence-corrected chi connectivity index (χ1v) is 8.88. The third-order valence-electron chi connectivity index (χ3n) is 4.51. The maximum Gasteiger partial charge on any atom is 0.416 e. The number of quaternary nitrogens is 1. The lowest BCUT2D eigenvalue weighted by atomic mass is 10.1. The number of carbonyl (C=O) groups is 2. The number of halogens is 3. The van der Waals surface area contributed by atoms with Gasteiger partial charge in [-0.25, -0.2) is 4.90 Å². The van der Waals surface area contributed by atoms with Gasteiger partial charge in [0.05, 0.1) is 24.3 Å². The van der Waals surface area contributed by atoms with Crippen molar-refractivity contribution in [2.75, 3.05) is 11.5 Å². The first-order chi connectivity index (χ1) is 13.3. The number of hydrogen-bond acceptors (Lipinski definition) is 3. The number of anilines is 1. The molecule has 2 N–H and O–H groups in total. The van der Waals surface area contributed by atoms with E-state index in [0.29, 0.717) is 30.2 Å². The average molecular weight is 393 g/mol. The van der Waals surface area contributed by atoms with Crippen LogP contribution in [0.15, 0.2) is 48.5 Å². The van der Waals surface area contributed by atoms with Gasteiger partial charge in [-0.1, -0.05) is 12.1 Å². The monoisotopic (exact) mass is 393 g/mol. The summed E-state index contributed by atoms with van der Waals surface area (Å²) in [4.78, 5) is 26.1. The van der Waals surface area contributed by atoms with Crippen molar-refractivity contribution in [1.82, 2.24) is 0 Å². The van der Waals surface area contributed by atoms with Gasteiger partial charge in [0.25, 0.3) is 5.91 Å². The number of nitrogens with zero attached hydrogens (tertiary/aromatic N) is 1. The lowest BCUT2D eigenvalue weighted by molar-refractivity contribution is -0.690. The summed E-state index contributed by atoms with van der Waals surface area (Å²) in [5.41, 5.74) is 0.404.